The lowest BCUT2D eigenvalue weighted by Crippen LogP contribution is -2.43. The second-order valence-corrected chi connectivity index (χ2v) is 18.3. The topological polar surface area (TPSA) is 80.3 Å². The summed E-state index contributed by atoms with van der Waals surface area (Å²) in [5, 5.41) is 0.0642. The second-order valence-electron chi connectivity index (χ2n) is 11.4. The summed E-state index contributed by atoms with van der Waals surface area (Å²) < 4.78 is 41.8. The summed E-state index contributed by atoms with van der Waals surface area (Å²) in [6.07, 6.45) is -0.464. The first kappa shape index (κ1) is 34.7. The van der Waals surface area contributed by atoms with E-state index in [1.54, 1.807) is 13.8 Å². The van der Waals surface area contributed by atoms with Crippen molar-refractivity contribution >= 4 is 21.9 Å². The van der Waals surface area contributed by atoms with Gasteiger partial charge >= 0.3 is 13.6 Å². The molecule has 0 aromatic heterocycles. The van der Waals surface area contributed by atoms with Gasteiger partial charge in [-0.15, -0.1) is 0 Å². The van der Waals surface area contributed by atoms with E-state index in [2.05, 4.69) is 47.4 Å². The first-order valence-electron chi connectivity index (χ1n) is 13.6. The van der Waals surface area contributed by atoms with Gasteiger partial charge in [0.15, 0.2) is 8.32 Å². The first-order chi connectivity index (χ1) is 17.6. The molecular weight excluding hydrogens is 519 g/mol. The quantitative estimate of drug-likeness (QED) is 0.0777. The number of rotatable bonds is 18. The van der Waals surface area contributed by atoms with Crippen LogP contribution < -0.4 is 0 Å². The predicted octanol–water partition coefficient (Wildman–Crippen LogP) is 7.62. The summed E-state index contributed by atoms with van der Waals surface area (Å²) in [7, 11) is -5.56. The van der Waals surface area contributed by atoms with Gasteiger partial charge in [0.05, 0.1) is 26.4 Å². The van der Waals surface area contributed by atoms with Crippen LogP contribution in [0.3, 0.4) is 0 Å². The highest BCUT2D eigenvalue weighted by Crippen LogP contribution is 2.48. The lowest BCUT2D eigenvalue weighted by molar-refractivity contribution is -0.149. The molecule has 0 N–H and O–H groups in total. The lowest BCUT2D eigenvalue weighted by Gasteiger charge is -2.38. The molecule has 1 rings (SSSR count). The molecule has 1 aromatic rings. The molecule has 0 bridgehead atoms. The van der Waals surface area contributed by atoms with Crippen LogP contribution in [-0.4, -0.2) is 53.0 Å². The molecule has 3 atom stereocenters. The minimum atomic E-state index is -3.56. The number of hydrogen-bond acceptors (Lipinski definition) is 7. The highest BCUT2D eigenvalue weighted by Gasteiger charge is 2.38. The van der Waals surface area contributed by atoms with Gasteiger partial charge in [-0.3, -0.25) is 9.36 Å². The summed E-state index contributed by atoms with van der Waals surface area (Å²) in [6, 6.07) is 10.0. The van der Waals surface area contributed by atoms with Gasteiger partial charge in [0.25, 0.3) is 0 Å². The highest BCUT2D eigenvalue weighted by molar-refractivity contribution is 7.54. The fraction of sp³-hybridized carbons (Fsp3) is 0.690. The van der Waals surface area contributed by atoms with Crippen molar-refractivity contribution in [3.05, 3.63) is 48.0 Å². The van der Waals surface area contributed by atoms with Crippen molar-refractivity contribution in [3.8, 4) is 0 Å². The normalized spacial score (nSPS) is 15.1. The summed E-state index contributed by atoms with van der Waals surface area (Å²) in [5.41, 5.74) is 2.04. The largest absolute Gasteiger partial charge is 0.461 e. The van der Waals surface area contributed by atoms with Gasteiger partial charge in [0.2, 0.25) is 0 Å². The van der Waals surface area contributed by atoms with Gasteiger partial charge in [0.1, 0.15) is 12.3 Å². The zero-order chi connectivity index (χ0) is 29.0. The van der Waals surface area contributed by atoms with Crippen LogP contribution in [0.4, 0.5) is 0 Å². The standard InChI is InChI=1S/C29H51O7PSi/c1-11-33-37(31,34-12-2)22-28(30)36-27(25(5)20-35-38(9,10)29(6,7)8)18-23(3)24(4)19-32-21-26-16-14-13-15-17-26/h13-17,24-25,27H,3,11-12,18-22H2,1-2,4-10H3. The molecule has 0 radical (unpaired) electrons. The molecule has 218 valence electrons. The molecule has 7 nitrogen and oxygen atoms in total. The van der Waals surface area contributed by atoms with Crippen LogP contribution in [0.25, 0.3) is 0 Å². The van der Waals surface area contributed by atoms with E-state index in [1.807, 2.05) is 37.3 Å². The van der Waals surface area contributed by atoms with Crippen molar-refractivity contribution < 1.29 is 32.3 Å². The average Bonchev–Trinajstić information content (AvgIpc) is 2.82. The van der Waals surface area contributed by atoms with Crippen LogP contribution in [-0.2, 0) is 38.9 Å². The summed E-state index contributed by atoms with van der Waals surface area (Å²) in [4.78, 5) is 12.9. The number of carbonyl (C=O) groups excluding carboxylic acids is 1. The minimum absolute atomic E-state index is 0.0615. The Labute approximate surface area is 232 Å². The van der Waals surface area contributed by atoms with Gasteiger partial charge in [-0.25, -0.2) is 0 Å². The maximum atomic E-state index is 12.9. The van der Waals surface area contributed by atoms with Crippen LogP contribution >= 0.6 is 7.60 Å². The van der Waals surface area contributed by atoms with Crippen LogP contribution in [0.2, 0.25) is 18.1 Å². The predicted molar refractivity (Wildman–Crippen MR) is 157 cm³/mol. The Hall–Kier alpha value is -1.28. The molecule has 1 aromatic carbocycles. The zero-order valence-corrected chi connectivity index (χ0v) is 27.0. The number of ether oxygens (including phenoxy) is 2. The van der Waals surface area contributed by atoms with Crippen molar-refractivity contribution in [2.45, 2.75) is 85.7 Å². The van der Waals surface area contributed by atoms with E-state index in [1.165, 1.54) is 0 Å². The monoisotopic (exact) mass is 570 g/mol. The van der Waals surface area contributed by atoms with Crippen molar-refractivity contribution in [1.82, 2.24) is 0 Å². The number of hydrogen-bond donors (Lipinski definition) is 0. The Morgan fingerprint density at radius 2 is 1.61 bits per heavy atom. The summed E-state index contributed by atoms with van der Waals surface area (Å²) >= 11 is 0. The van der Waals surface area contributed by atoms with Crippen molar-refractivity contribution in [2.24, 2.45) is 11.8 Å². The van der Waals surface area contributed by atoms with Gasteiger partial charge in [0, 0.05) is 24.9 Å². The Bertz CT molecular complexity index is 888. The van der Waals surface area contributed by atoms with Crippen molar-refractivity contribution in [1.29, 1.82) is 0 Å². The summed E-state index contributed by atoms with van der Waals surface area (Å²) in [6.45, 7) is 24.6. The van der Waals surface area contributed by atoms with Crippen LogP contribution in [0.1, 0.15) is 60.5 Å². The molecule has 0 aliphatic rings. The minimum Gasteiger partial charge on any atom is -0.461 e. The second kappa shape index (κ2) is 16.1. The van der Waals surface area contributed by atoms with Gasteiger partial charge in [-0.1, -0.05) is 77.1 Å². The van der Waals surface area contributed by atoms with Gasteiger partial charge < -0.3 is 22.9 Å². The fourth-order valence-corrected chi connectivity index (χ4v) is 5.96. The maximum absolute atomic E-state index is 12.9. The van der Waals surface area contributed by atoms with Gasteiger partial charge in [-0.2, -0.15) is 0 Å². The van der Waals surface area contributed by atoms with Crippen LogP contribution in [0.15, 0.2) is 42.5 Å². The Morgan fingerprint density at radius 1 is 1.03 bits per heavy atom. The number of esters is 1. The molecule has 0 fully saturated rings. The lowest BCUT2D eigenvalue weighted by atomic mass is 9.92. The van der Waals surface area contributed by atoms with E-state index in [0.717, 1.165) is 11.1 Å². The van der Waals surface area contributed by atoms with E-state index in [9.17, 15) is 9.36 Å². The molecule has 3 unspecified atom stereocenters. The molecule has 0 spiro atoms. The van der Waals surface area contributed by atoms with Crippen molar-refractivity contribution in [3.63, 3.8) is 0 Å². The van der Waals surface area contributed by atoms with Crippen LogP contribution in [0, 0.1) is 11.8 Å². The molecule has 38 heavy (non-hydrogen) atoms. The van der Waals surface area contributed by atoms with E-state index < -0.39 is 34.1 Å². The molecule has 9 heteroatoms. The third kappa shape index (κ3) is 12.3. The number of benzene rings is 1. The average molecular weight is 571 g/mol. The van der Waals surface area contributed by atoms with E-state index >= 15 is 0 Å². The maximum Gasteiger partial charge on any atom is 0.341 e. The SMILES string of the molecule is C=C(CC(OC(=O)CP(=O)(OCC)OCC)C(C)CO[Si](C)(C)C(C)(C)C)C(C)COCc1ccccc1. The highest BCUT2D eigenvalue weighted by atomic mass is 31.2. The molecule has 0 aliphatic heterocycles. The third-order valence-corrected chi connectivity index (χ3v) is 13.5. The Kier molecular flexibility index (Phi) is 14.7. The Morgan fingerprint density at radius 3 is 2.13 bits per heavy atom. The van der Waals surface area contributed by atoms with E-state index in [-0.39, 0.29) is 30.1 Å². The Balaban J connectivity index is 2.90. The molecule has 0 heterocycles. The van der Waals surface area contributed by atoms with E-state index in [0.29, 0.717) is 26.2 Å². The third-order valence-electron chi connectivity index (χ3n) is 7.04. The fourth-order valence-electron chi connectivity index (χ4n) is 3.41. The summed E-state index contributed by atoms with van der Waals surface area (Å²) in [5.74, 6) is -0.646. The van der Waals surface area contributed by atoms with E-state index in [4.69, 9.17) is 22.9 Å². The molecule has 0 saturated carbocycles. The zero-order valence-electron chi connectivity index (χ0n) is 25.1. The smallest absolute Gasteiger partial charge is 0.341 e. The van der Waals surface area contributed by atoms with Crippen LogP contribution in [0.5, 0.6) is 0 Å². The first-order valence-corrected chi connectivity index (χ1v) is 18.3. The van der Waals surface area contributed by atoms with Gasteiger partial charge in [-0.05, 0) is 37.5 Å². The van der Waals surface area contributed by atoms with Crippen molar-refractivity contribution in [2.75, 3.05) is 32.6 Å². The molecular formula is C29H51O7PSi. The number of carbonyl (C=O) groups is 1. The molecule has 0 aliphatic carbocycles. The molecule has 0 amide bonds. The molecule has 0 saturated heterocycles.